The summed E-state index contributed by atoms with van der Waals surface area (Å²) in [6.45, 7) is 9.22. The number of piperidine rings is 1. The third kappa shape index (κ3) is 4.05. The molecule has 2 saturated heterocycles. The predicted octanol–water partition coefficient (Wildman–Crippen LogP) is 3.77. The lowest BCUT2D eigenvalue weighted by Gasteiger charge is -2.48. The fraction of sp³-hybridized carbons (Fsp3) is 0.652. The molecule has 29 heavy (non-hydrogen) atoms. The first-order valence-electron chi connectivity index (χ1n) is 11.2. The van der Waals surface area contributed by atoms with Crippen LogP contribution >= 0.6 is 0 Å². The Morgan fingerprint density at radius 3 is 2.66 bits per heavy atom. The summed E-state index contributed by atoms with van der Waals surface area (Å²) in [4.78, 5) is 15.8. The number of fused-ring (bicyclic) bond motifs is 3. The number of hydrogen-bond donors (Lipinski definition) is 1. The fourth-order valence-corrected chi connectivity index (χ4v) is 4.83. The number of nitrogens with one attached hydrogen (secondary N) is 1. The topological polar surface area (TPSA) is 59.4 Å². The van der Waals surface area contributed by atoms with Gasteiger partial charge in [0.05, 0.1) is 18.7 Å². The van der Waals surface area contributed by atoms with E-state index in [9.17, 15) is 4.79 Å². The molecule has 1 N–H and O–H groups in total. The second-order valence-corrected chi connectivity index (χ2v) is 8.65. The van der Waals surface area contributed by atoms with Crippen molar-refractivity contribution in [3.8, 4) is 0 Å². The van der Waals surface area contributed by atoms with Crippen molar-refractivity contribution in [2.75, 3.05) is 19.8 Å². The van der Waals surface area contributed by atoms with E-state index in [1.807, 2.05) is 22.9 Å². The fourth-order valence-electron chi connectivity index (χ4n) is 4.83. The maximum atomic E-state index is 13.2. The Morgan fingerprint density at radius 1 is 1.24 bits per heavy atom. The van der Waals surface area contributed by atoms with Crippen LogP contribution in [0.2, 0.25) is 0 Å². The molecule has 4 rings (SSSR count). The van der Waals surface area contributed by atoms with Crippen molar-refractivity contribution >= 4 is 16.8 Å². The van der Waals surface area contributed by atoms with Crippen LogP contribution in [0.3, 0.4) is 0 Å². The molecule has 0 saturated carbocycles. The number of carbonyl (C=O) groups is 1. The molecule has 6 nitrogen and oxygen atoms in total. The summed E-state index contributed by atoms with van der Waals surface area (Å²) >= 11 is 0. The molecule has 2 bridgehead atoms. The van der Waals surface area contributed by atoms with Crippen molar-refractivity contribution in [1.29, 1.82) is 0 Å². The van der Waals surface area contributed by atoms with E-state index in [2.05, 4.69) is 37.1 Å². The minimum absolute atomic E-state index is 0.0470. The maximum absolute atomic E-state index is 13.2. The lowest BCUT2D eigenvalue weighted by atomic mass is 9.89. The van der Waals surface area contributed by atoms with Crippen molar-refractivity contribution < 1.29 is 9.53 Å². The number of aromatic nitrogens is 2. The van der Waals surface area contributed by atoms with Crippen molar-refractivity contribution in [3.05, 3.63) is 30.0 Å². The SMILES string of the molecule is CCCCN1[C@@H]2COC[C@H]1C[C@@H](NC(=O)c1nn([C@H](C)CC)c3ccccc13)C2. The highest BCUT2D eigenvalue weighted by Gasteiger charge is 2.39. The molecular weight excluding hydrogens is 364 g/mol. The van der Waals surface area contributed by atoms with Gasteiger partial charge in [-0.15, -0.1) is 0 Å². The normalized spacial score (nSPS) is 25.8. The van der Waals surface area contributed by atoms with Gasteiger partial charge in [-0.3, -0.25) is 14.4 Å². The summed E-state index contributed by atoms with van der Waals surface area (Å²) in [7, 11) is 0. The van der Waals surface area contributed by atoms with Gasteiger partial charge < -0.3 is 10.1 Å². The van der Waals surface area contributed by atoms with Crippen molar-refractivity contribution in [3.63, 3.8) is 0 Å². The second kappa shape index (κ2) is 8.84. The van der Waals surface area contributed by atoms with E-state index in [0.29, 0.717) is 17.8 Å². The first kappa shape index (κ1) is 20.4. The quantitative estimate of drug-likeness (QED) is 0.771. The Balaban J connectivity index is 1.50. The molecule has 2 aliphatic rings. The summed E-state index contributed by atoms with van der Waals surface area (Å²) < 4.78 is 7.81. The Labute approximate surface area is 173 Å². The molecule has 0 spiro atoms. The molecule has 2 fully saturated rings. The summed E-state index contributed by atoms with van der Waals surface area (Å²) in [6, 6.07) is 9.33. The first-order chi connectivity index (χ1) is 14.1. The summed E-state index contributed by atoms with van der Waals surface area (Å²) in [6.07, 6.45) is 5.32. The number of unbranched alkanes of at least 4 members (excludes halogenated alkanes) is 1. The molecule has 2 aromatic rings. The van der Waals surface area contributed by atoms with E-state index in [1.54, 1.807) is 0 Å². The van der Waals surface area contributed by atoms with Gasteiger partial charge in [0, 0.05) is 29.6 Å². The number of amides is 1. The highest BCUT2D eigenvalue weighted by atomic mass is 16.5. The monoisotopic (exact) mass is 398 g/mol. The molecule has 1 aromatic heterocycles. The molecule has 2 aliphatic heterocycles. The summed E-state index contributed by atoms with van der Waals surface area (Å²) in [5.41, 5.74) is 1.59. The highest BCUT2D eigenvalue weighted by molar-refractivity contribution is 6.05. The van der Waals surface area contributed by atoms with Gasteiger partial charge in [0.25, 0.3) is 5.91 Å². The van der Waals surface area contributed by atoms with Crippen LogP contribution in [-0.2, 0) is 4.74 Å². The Morgan fingerprint density at radius 2 is 1.97 bits per heavy atom. The Kier molecular flexibility index (Phi) is 6.20. The van der Waals surface area contributed by atoms with E-state index in [1.165, 1.54) is 12.8 Å². The third-order valence-electron chi connectivity index (χ3n) is 6.61. The van der Waals surface area contributed by atoms with Crippen LogP contribution in [0.4, 0.5) is 0 Å². The minimum Gasteiger partial charge on any atom is -0.378 e. The van der Waals surface area contributed by atoms with Crippen LogP contribution < -0.4 is 5.32 Å². The van der Waals surface area contributed by atoms with Crippen molar-refractivity contribution in [1.82, 2.24) is 20.0 Å². The smallest absolute Gasteiger partial charge is 0.272 e. The number of para-hydroxylation sites is 1. The molecule has 0 radical (unpaired) electrons. The number of carbonyl (C=O) groups excluding carboxylic acids is 1. The van der Waals surface area contributed by atoms with E-state index in [0.717, 1.165) is 49.9 Å². The largest absolute Gasteiger partial charge is 0.378 e. The van der Waals surface area contributed by atoms with Gasteiger partial charge in [0.2, 0.25) is 0 Å². The molecule has 4 atom stereocenters. The molecule has 0 unspecified atom stereocenters. The number of morpholine rings is 1. The molecular formula is C23H34N4O2. The van der Waals surface area contributed by atoms with Crippen molar-refractivity contribution in [2.24, 2.45) is 0 Å². The lowest BCUT2D eigenvalue weighted by Crippen LogP contribution is -2.60. The van der Waals surface area contributed by atoms with Gasteiger partial charge in [-0.2, -0.15) is 5.10 Å². The van der Waals surface area contributed by atoms with Gasteiger partial charge in [0.1, 0.15) is 0 Å². The van der Waals surface area contributed by atoms with Crippen LogP contribution in [0.1, 0.15) is 69.4 Å². The molecule has 158 valence electrons. The predicted molar refractivity (Wildman–Crippen MR) is 115 cm³/mol. The van der Waals surface area contributed by atoms with E-state index < -0.39 is 0 Å². The zero-order valence-corrected chi connectivity index (χ0v) is 17.9. The Bertz CT molecular complexity index is 835. The maximum Gasteiger partial charge on any atom is 0.272 e. The van der Waals surface area contributed by atoms with Gasteiger partial charge in [-0.05, 0) is 45.2 Å². The number of ether oxygens (including phenoxy) is 1. The van der Waals surface area contributed by atoms with E-state index in [4.69, 9.17) is 9.84 Å². The molecule has 3 heterocycles. The van der Waals surface area contributed by atoms with E-state index in [-0.39, 0.29) is 18.0 Å². The number of rotatable bonds is 7. The average molecular weight is 399 g/mol. The standard InChI is InChI=1S/C23H34N4O2/c1-4-6-11-26-18-12-17(13-19(26)15-29-14-18)24-23(28)22-20-9-7-8-10-21(20)27(25-22)16(3)5-2/h7-10,16-19H,4-6,11-15H2,1-3H3,(H,24,28)/t16-,17-,18-,19+/m1/s1. The summed E-state index contributed by atoms with van der Waals surface area (Å²) in [5.74, 6) is -0.0470. The summed E-state index contributed by atoms with van der Waals surface area (Å²) in [5, 5.41) is 8.97. The van der Waals surface area contributed by atoms with Crippen LogP contribution in [0, 0.1) is 0 Å². The Hall–Kier alpha value is -1.92. The van der Waals surface area contributed by atoms with Gasteiger partial charge in [-0.25, -0.2) is 0 Å². The minimum atomic E-state index is -0.0470. The first-order valence-corrected chi connectivity index (χ1v) is 11.2. The van der Waals surface area contributed by atoms with Crippen LogP contribution in [0.15, 0.2) is 24.3 Å². The van der Waals surface area contributed by atoms with Crippen LogP contribution in [0.25, 0.3) is 10.9 Å². The number of nitrogens with zero attached hydrogens (tertiary/aromatic N) is 3. The number of hydrogen-bond acceptors (Lipinski definition) is 4. The van der Waals surface area contributed by atoms with Gasteiger partial charge >= 0.3 is 0 Å². The zero-order chi connectivity index (χ0) is 20.4. The average Bonchev–Trinajstić information content (AvgIpc) is 3.11. The van der Waals surface area contributed by atoms with Crippen molar-refractivity contribution in [2.45, 2.75) is 77.0 Å². The van der Waals surface area contributed by atoms with Crippen LogP contribution in [0.5, 0.6) is 0 Å². The van der Waals surface area contributed by atoms with Gasteiger partial charge in [-0.1, -0.05) is 38.5 Å². The van der Waals surface area contributed by atoms with Gasteiger partial charge in [0.15, 0.2) is 5.69 Å². The molecule has 1 amide bonds. The zero-order valence-electron chi connectivity index (χ0n) is 17.9. The molecule has 6 heteroatoms. The molecule has 0 aliphatic carbocycles. The number of benzene rings is 1. The highest BCUT2D eigenvalue weighted by Crippen LogP contribution is 2.29. The third-order valence-corrected chi connectivity index (χ3v) is 6.61. The van der Waals surface area contributed by atoms with Crippen LogP contribution in [-0.4, -0.2) is 58.5 Å². The van der Waals surface area contributed by atoms with E-state index >= 15 is 0 Å². The molecule has 1 aromatic carbocycles. The lowest BCUT2D eigenvalue weighted by molar-refractivity contribution is -0.0802. The second-order valence-electron chi connectivity index (χ2n) is 8.65.